The second kappa shape index (κ2) is 5.16. The molecule has 1 saturated carbocycles. The van der Waals surface area contributed by atoms with Crippen LogP contribution in [0.25, 0.3) is 0 Å². The molecule has 1 aliphatic carbocycles. The lowest BCUT2D eigenvalue weighted by molar-refractivity contribution is 0.129. The normalized spacial score (nSPS) is 39.0. The third-order valence-corrected chi connectivity index (χ3v) is 4.02. The van der Waals surface area contributed by atoms with Crippen LogP contribution in [0.15, 0.2) is 0 Å². The van der Waals surface area contributed by atoms with Gasteiger partial charge in [0.25, 0.3) is 0 Å². The molecule has 0 aromatic heterocycles. The molecule has 2 N–H and O–H groups in total. The largest absolute Gasteiger partial charge is 0.327 e. The monoisotopic (exact) mass is 197 g/mol. The Bertz CT molecular complexity index is 165. The summed E-state index contributed by atoms with van der Waals surface area (Å²) in [4.78, 5) is 0. The first-order chi connectivity index (χ1) is 6.56. The van der Waals surface area contributed by atoms with Gasteiger partial charge in [0.15, 0.2) is 0 Å². The molecule has 1 heteroatoms. The SMILES string of the molecule is CCCC1CC(C)C(N)C(C(C)C)C1. The molecule has 4 unspecified atom stereocenters. The Kier molecular flexibility index (Phi) is 4.43. The molecule has 4 atom stereocenters. The Morgan fingerprint density at radius 2 is 1.93 bits per heavy atom. The smallest absolute Gasteiger partial charge is 0.00956 e. The van der Waals surface area contributed by atoms with Crippen molar-refractivity contribution >= 4 is 0 Å². The van der Waals surface area contributed by atoms with Gasteiger partial charge in [0.2, 0.25) is 0 Å². The Balaban J connectivity index is 2.57. The summed E-state index contributed by atoms with van der Waals surface area (Å²) in [5.41, 5.74) is 6.28. The summed E-state index contributed by atoms with van der Waals surface area (Å²) in [6, 6.07) is 0.447. The molecule has 0 radical (unpaired) electrons. The lowest BCUT2D eigenvalue weighted by Crippen LogP contribution is -2.44. The fourth-order valence-electron chi connectivity index (χ4n) is 3.10. The van der Waals surface area contributed by atoms with Gasteiger partial charge in [-0.05, 0) is 36.5 Å². The Labute approximate surface area is 89.5 Å². The van der Waals surface area contributed by atoms with Gasteiger partial charge < -0.3 is 5.73 Å². The first-order valence-electron chi connectivity index (χ1n) is 6.31. The summed E-state index contributed by atoms with van der Waals surface area (Å²) < 4.78 is 0. The number of rotatable bonds is 3. The van der Waals surface area contributed by atoms with Crippen molar-refractivity contribution < 1.29 is 0 Å². The van der Waals surface area contributed by atoms with E-state index >= 15 is 0 Å². The molecule has 1 nitrogen and oxygen atoms in total. The quantitative estimate of drug-likeness (QED) is 0.737. The highest BCUT2D eigenvalue weighted by molar-refractivity contribution is 4.88. The first kappa shape index (κ1) is 12.0. The van der Waals surface area contributed by atoms with Crippen molar-refractivity contribution in [2.45, 2.75) is 59.4 Å². The molecule has 0 saturated heterocycles. The zero-order valence-corrected chi connectivity index (χ0v) is 10.3. The van der Waals surface area contributed by atoms with E-state index in [1.54, 1.807) is 0 Å². The van der Waals surface area contributed by atoms with E-state index in [4.69, 9.17) is 5.73 Å². The van der Waals surface area contributed by atoms with Crippen LogP contribution < -0.4 is 5.73 Å². The van der Waals surface area contributed by atoms with E-state index in [1.165, 1.54) is 25.7 Å². The topological polar surface area (TPSA) is 26.0 Å². The summed E-state index contributed by atoms with van der Waals surface area (Å²) in [5, 5.41) is 0. The zero-order valence-electron chi connectivity index (χ0n) is 10.3. The molecule has 84 valence electrons. The van der Waals surface area contributed by atoms with Gasteiger partial charge in [-0.15, -0.1) is 0 Å². The maximum absolute atomic E-state index is 6.28. The van der Waals surface area contributed by atoms with E-state index in [1.807, 2.05) is 0 Å². The van der Waals surface area contributed by atoms with Crippen LogP contribution in [-0.2, 0) is 0 Å². The van der Waals surface area contributed by atoms with E-state index < -0.39 is 0 Å². The van der Waals surface area contributed by atoms with E-state index in [9.17, 15) is 0 Å². The molecule has 0 aliphatic heterocycles. The predicted octanol–water partition coefficient (Wildman–Crippen LogP) is 3.43. The third-order valence-electron chi connectivity index (χ3n) is 4.02. The molecule has 14 heavy (non-hydrogen) atoms. The number of nitrogens with two attached hydrogens (primary N) is 1. The molecule has 1 fully saturated rings. The van der Waals surface area contributed by atoms with Crippen LogP contribution in [-0.4, -0.2) is 6.04 Å². The van der Waals surface area contributed by atoms with Crippen molar-refractivity contribution in [1.29, 1.82) is 0 Å². The molecule has 0 aromatic rings. The van der Waals surface area contributed by atoms with Crippen LogP contribution in [0.4, 0.5) is 0 Å². The van der Waals surface area contributed by atoms with Crippen LogP contribution in [0.3, 0.4) is 0 Å². The van der Waals surface area contributed by atoms with Crippen molar-refractivity contribution in [2.75, 3.05) is 0 Å². The molecule has 0 amide bonds. The van der Waals surface area contributed by atoms with Crippen molar-refractivity contribution in [3.05, 3.63) is 0 Å². The molecule has 1 rings (SSSR count). The highest BCUT2D eigenvalue weighted by Crippen LogP contribution is 2.38. The molecular formula is C13H27N. The summed E-state index contributed by atoms with van der Waals surface area (Å²) in [5.74, 6) is 3.19. The maximum atomic E-state index is 6.28. The van der Waals surface area contributed by atoms with E-state index in [-0.39, 0.29) is 0 Å². The van der Waals surface area contributed by atoms with Crippen molar-refractivity contribution in [2.24, 2.45) is 29.4 Å². The minimum Gasteiger partial charge on any atom is -0.327 e. The van der Waals surface area contributed by atoms with Crippen LogP contribution >= 0.6 is 0 Å². The molecule has 0 bridgehead atoms. The van der Waals surface area contributed by atoms with Crippen LogP contribution in [0.1, 0.15) is 53.4 Å². The fourth-order valence-corrected chi connectivity index (χ4v) is 3.10. The van der Waals surface area contributed by atoms with E-state index in [0.717, 1.165) is 23.7 Å². The fraction of sp³-hybridized carbons (Fsp3) is 1.00. The Morgan fingerprint density at radius 1 is 1.29 bits per heavy atom. The molecule has 1 aliphatic rings. The average molecular weight is 197 g/mol. The first-order valence-corrected chi connectivity index (χ1v) is 6.31. The summed E-state index contributed by atoms with van der Waals surface area (Å²) >= 11 is 0. The second-order valence-electron chi connectivity index (χ2n) is 5.59. The maximum Gasteiger partial charge on any atom is 0.00956 e. The molecule has 0 spiro atoms. The van der Waals surface area contributed by atoms with Gasteiger partial charge in [-0.1, -0.05) is 40.5 Å². The molecule has 0 heterocycles. The lowest BCUT2D eigenvalue weighted by Gasteiger charge is -2.40. The van der Waals surface area contributed by atoms with Gasteiger partial charge >= 0.3 is 0 Å². The Morgan fingerprint density at radius 3 is 2.43 bits per heavy atom. The van der Waals surface area contributed by atoms with Gasteiger partial charge in [-0.3, -0.25) is 0 Å². The Hall–Kier alpha value is -0.0400. The number of hydrogen-bond acceptors (Lipinski definition) is 1. The third kappa shape index (κ3) is 2.73. The minimum atomic E-state index is 0.447. The lowest BCUT2D eigenvalue weighted by atomic mass is 9.68. The van der Waals surface area contributed by atoms with Crippen molar-refractivity contribution in [3.63, 3.8) is 0 Å². The average Bonchev–Trinajstić information content (AvgIpc) is 2.11. The van der Waals surface area contributed by atoms with Crippen LogP contribution in [0, 0.1) is 23.7 Å². The highest BCUT2D eigenvalue weighted by atomic mass is 14.7. The highest BCUT2D eigenvalue weighted by Gasteiger charge is 2.34. The summed E-state index contributed by atoms with van der Waals surface area (Å²) in [6.45, 7) is 9.28. The molecular weight excluding hydrogens is 170 g/mol. The van der Waals surface area contributed by atoms with Crippen molar-refractivity contribution in [3.8, 4) is 0 Å². The van der Waals surface area contributed by atoms with Gasteiger partial charge in [0.1, 0.15) is 0 Å². The standard InChI is InChI=1S/C13H27N/c1-5-6-11-7-10(4)13(14)12(8-11)9(2)3/h9-13H,5-8,14H2,1-4H3. The second-order valence-corrected chi connectivity index (χ2v) is 5.59. The van der Waals surface area contributed by atoms with Crippen LogP contribution in [0.5, 0.6) is 0 Å². The van der Waals surface area contributed by atoms with Gasteiger partial charge in [-0.25, -0.2) is 0 Å². The van der Waals surface area contributed by atoms with Gasteiger partial charge in [0.05, 0.1) is 0 Å². The summed E-state index contributed by atoms with van der Waals surface area (Å²) in [6.07, 6.45) is 5.47. The minimum absolute atomic E-state index is 0.447. The van der Waals surface area contributed by atoms with Crippen molar-refractivity contribution in [1.82, 2.24) is 0 Å². The van der Waals surface area contributed by atoms with Gasteiger partial charge in [-0.2, -0.15) is 0 Å². The number of hydrogen-bond donors (Lipinski definition) is 1. The summed E-state index contributed by atoms with van der Waals surface area (Å²) in [7, 11) is 0. The van der Waals surface area contributed by atoms with E-state index in [2.05, 4.69) is 27.7 Å². The predicted molar refractivity (Wildman–Crippen MR) is 63.1 cm³/mol. The van der Waals surface area contributed by atoms with E-state index in [0.29, 0.717) is 6.04 Å². The van der Waals surface area contributed by atoms with Crippen LogP contribution in [0.2, 0.25) is 0 Å². The zero-order chi connectivity index (χ0) is 10.7. The molecule has 0 aromatic carbocycles. The van der Waals surface area contributed by atoms with Gasteiger partial charge in [0, 0.05) is 6.04 Å².